The quantitative estimate of drug-likeness (QED) is 0.467. The zero-order chi connectivity index (χ0) is 19.5. The van der Waals surface area contributed by atoms with Crippen molar-refractivity contribution in [3.8, 4) is 0 Å². The van der Waals surface area contributed by atoms with Crippen molar-refractivity contribution in [2.45, 2.75) is 13.1 Å². The predicted molar refractivity (Wildman–Crippen MR) is 117 cm³/mol. The second kappa shape index (κ2) is 7.70. The molecule has 0 aromatic heterocycles. The first-order valence-corrected chi connectivity index (χ1v) is 9.41. The third-order valence-electron chi connectivity index (χ3n) is 4.72. The van der Waals surface area contributed by atoms with E-state index in [-0.39, 0.29) is 5.91 Å². The number of nitrogens with one attached hydrogen (secondary N) is 2. The lowest BCUT2D eigenvalue weighted by Gasteiger charge is -2.32. The number of rotatable bonds is 4. The fourth-order valence-electron chi connectivity index (χ4n) is 3.21. The monoisotopic (exact) mass is 388 g/mol. The van der Waals surface area contributed by atoms with Gasteiger partial charge in [-0.3, -0.25) is 4.79 Å². The van der Waals surface area contributed by atoms with Gasteiger partial charge in [0.15, 0.2) is 5.11 Å². The molecule has 0 spiro atoms. The second-order valence-electron chi connectivity index (χ2n) is 6.61. The molecule has 5 nitrogen and oxygen atoms in total. The number of amides is 1. The first kappa shape index (κ1) is 18.0. The highest BCUT2D eigenvalue weighted by Crippen LogP contribution is 2.26. The number of nitrogen functional groups attached to an aromatic ring is 1. The number of thiocarbonyl (C=S) groups is 1. The Bertz CT molecular complexity index is 1030. The molecule has 0 atom stereocenters. The van der Waals surface area contributed by atoms with Gasteiger partial charge in [0, 0.05) is 17.8 Å². The van der Waals surface area contributed by atoms with Crippen molar-refractivity contribution in [3.05, 3.63) is 89.5 Å². The van der Waals surface area contributed by atoms with Crippen LogP contribution in [0.3, 0.4) is 0 Å². The molecule has 1 aliphatic heterocycles. The van der Waals surface area contributed by atoms with Crippen LogP contribution in [0.25, 0.3) is 0 Å². The van der Waals surface area contributed by atoms with Crippen LogP contribution in [0.4, 0.5) is 17.1 Å². The van der Waals surface area contributed by atoms with E-state index in [2.05, 4.69) is 27.7 Å². The van der Waals surface area contributed by atoms with Gasteiger partial charge in [0.05, 0.1) is 17.9 Å². The smallest absolute Gasteiger partial charge is 0.255 e. The van der Waals surface area contributed by atoms with Gasteiger partial charge in [0.2, 0.25) is 0 Å². The molecule has 0 bridgehead atoms. The number of nitrogens with two attached hydrogens (primary N) is 1. The third-order valence-corrected chi connectivity index (χ3v) is 5.09. The number of carbonyl (C=O) groups is 1. The zero-order valence-corrected chi connectivity index (χ0v) is 16.0. The van der Waals surface area contributed by atoms with Crippen molar-refractivity contribution in [2.24, 2.45) is 0 Å². The van der Waals surface area contributed by atoms with Gasteiger partial charge in [0.1, 0.15) is 0 Å². The van der Waals surface area contributed by atoms with E-state index in [0.29, 0.717) is 28.6 Å². The Morgan fingerprint density at radius 2 is 1.75 bits per heavy atom. The number of nitrogens with zero attached hydrogens (tertiary/aromatic N) is 1. The summed E-state index contributed by atoms with van der Waals surface area (Å²) in [5.41, 5.74) is 11.0. The van der Waals surface area contributed by atoms with Crippen LogP contribution in [0.1, 0.15) is 21.5 Å². The standard InChI is InChI=1S/C22H20N4OS/c23-18-6-2-3-7-19(18)25-21(27)16-11-9-15(10-12-16)14-26-20-8-4-1-5-17(20)13-24-22(26)28/h1-12H,13-14,23H2,(H,24,28)(H,25,27). The zero-order valence-electron chi connectivity index (χ0n) is 15.2. The minimum Gasteiger partial charge on any atom is -0.397 e. The number of hydrogen-bond donors (Lipinski definition) is 3. The molecule has 3 aromatic carbocycles. The Morgan fingerprint density at radius 3 is 2.54 bits per heavy atom. The summed E-state index contributed by atoms with van der Waals surface area (Å²) in [5, 5.41) is 6.80. The molecule has 140 valence electrons. The molecule has 0 saturated heterocycles. The number of carbonyl (C=O) groups excluding carboxylic acids is 1. The SMILES string of the molecule is Nc1ccccc1NC(=O)c1ccc(CN2C(=S)NCc3ccccc32)cc1. The number of fused-ring (bicyclic) bond motifs is 1. The molecule has 4 rings (SSSR count). The minimum atomic E-state index is -0.190. The van der Waals surface area contributed by atoms with Crippen LogP contribution in [0.5, 0.6) is 0 Å². The summed E-state index contributed by atoms with van der Waals surface area (Å²) in [6, 6.07) is 22.9. The molecule has 1 aliphatic rings. The number of benzene rings is 3. The van der Waals surface area contributed by atoms with E-state index >= 15 is 0 Å². The molecule has 1 heterocycles. The third kappa shape index (κ3) is 3.68. The molecular weight excluding hydrogens is 368 g/mol. The minimum absolute atomic E-state index is 0.190. The highest BCUT2D eigenvalue weighted by molar-refractivity contribution is 7.80. The fourth-order valence-corrected chi connectivity index (χ4v) is 3.44. The van der Waals surface area contributed by atoms with Crippen molar-refractivity contribution < 1.29 is 4.79 Å². The van der Waals surface area contributed by atoms with Gasteiger partial charge in [-0.15, -0.1) is 0 Å². The normalized spacial score (nSPS) is 12.9. The molecule has 0 unspecified atom stereocenters. The Kier molecular flexibility index (Phi) is 4.95. The molecule has 4 N–H and O–H groups in total. The Balaban J connectivity index is 1.49. The van der Waals surface area contributed by atoms with Crippen LogP contribution in [0.15, 0.2) is 72.8 Å². The van der Waals surface area contributed by atoms with Gasteiger partial charge < -0.3 is 21.3 Å². The van der Waals surface area contributed by atoms with E-state index in [9.17, 15) is 4.79 Å². The molecule has 0 radical (unpaired) electrons. The molecule has 0 saturated carbocycles. The maximum Gasteiger partial charge on any atom is 0.255 e. The highest BCUT2D eigenvalue weighted by atomic mass is 32.1. The molecular formula is C22H20N4OS. The van der Waals surface area contributed by atoms with E-state index in [0.717, 1.165) is 17.8 Å². The van der Waals surface area contributed by atoms with E-state index in [1.807, 2.05) is 48.5 Å². The van der Waals surface area contributed by atoms with Crippen molar-refractivity contribution in [1.29, 1.82) is 0 Å². The van der Waals surface area contributed by atoms with Crippen molar-refractivity contribution >= 4 is 40.3 Å². The molecule has 0 fully saturated rings. The van der Waals surface area contributed by atoms with E-state index in [1.54, 1.807) is 12.1 Å². The molecule has 28 heavy (non-hydrogen) atoms. The second-order valence-corrected chi connectivity index (χ2v) is 7.00. The van der Waals surface area contributed by atoms with Crippen LogP contribution in [0.2, 0.25) is 0 Å². The number of anilines is 3. The van der Waals surface area contributed by atoms with Gasteiger partial charge >= 0.3 is 0 Å². The van der Waals surface area contributed by atoms with E-state index in [4.69, 9.17) is 18.0 Å². The Hall–Kier alpha value is -3.38. The summed E-state index contributed by atoms with van der Waals surface area (Å²) in [4.78, 5) is 14.6. The summed E-state index contributed by atoms with van der Waals surface area (Å²) < 4.78 is 0. The largest absolute Gasteiger partial charge is 0.397 e. The fraction of sp³-hybridized carbons (Fsp3) is 0.0909. The maximum absolute atomic E-state index is 12.5. The number of para-hydroxylation sites is 3. The first-order valence-electron chi connectivity index (χ1n) is 9.00. The van der Waals surface area contributed by atoms with Crippen molar-refractivity contribution in [2.75, 3.05) is 16.0 Å². The number of hydrogen-bond acceptors (Lipinski definition) is 3. The van der Waals surface area contributed by atoms with E-state index in [1.165, 1.54) is 5.56 Å². The van der Waals surface area contributed by atoms with Gasteiger partial charge in [0.25, 0.3) is 5.91 Å². The van der Waals surface area contributed by atoms with Crippen molar-refractivity contribution in [1.82, 2.24) is 5.32 Å². The Morgan fingerprint density at radius 1 is 1.04 bits per heavy atom. The first-order chi connectivity index (χ1) is 13.6. The van der Waals surface area contributed by atoms with Crippen LogP contribution in [0, 0.1) is 0 Å². The summed E-state index contributed by atoms with van der Waals surface area (Å²) in [7, 11) is 0. The maximum atomic E-state index is 12.5. The van der Waals surface area contributed by atoms with Crippen LogP contribution in [-0.2, 0) is 13.1 Å². The van der Waals surface area contributed by atoms with Gasteiger partial charge in [-0.25, -0.2) is 0 Å². The lowest BCUT2D eigenvalue weighted by molar-refractivity contribution is 0.102. The van der Waals surface area contributed by atoms with Gasteiger partial charge in [-0.1, -0.05) is 42.5 Å². The lowest BCUT2D eigenvalue weighted by Crippen LogP contribution is -2.43. The van der Waals surface area contributed by atoms with Crippen molar-refractivity contribution in [3.63, 3.8) is 0 Å². The summed E-state index contributed by atoms with van der Waals surface area (Å²) >= 11 is 5.49. The summed E-state index contributed by atoms with van der Waals surface area (Å²) in [5.74, 6) is -0.190. The lowest BCUT2D eigenvalue weighted by atomic mass is 10.1. The van der Waals surface area contributed by atoms with E-state index < -0.39 is 0 Å². The summed E-state index contributed by atoms with van der Waals surface area (Å²) in [6.07, 6.45) is 0. The average Bonchev–Trinajstić information content (AvgIpc) is 2.72. The molecule has 6 heteroatoms. The molecule has 0 aliphatic carbocycles. The highest BCUT2D eigenvalue weighted by Gasteiger charge is 2.20. The van der Waals surface area contributed by atoms with Crippen LogP contribution >= 0.6 is 12.2 Å². The topological polar surface area (TPSA) is 70.4 Å². The van der Waals surface area contributed by atoms with Gasteiger partial charge in [-0.2, -0.15) is 0 Å². The summed E-state index contributed by atoms with van der Waals surface area (Å²) in [6.45, 7) is 1.38. The predicted octanol–water partition coefficient (Wildman–Crippen LogP) is 3.92. The molecule has 1 amide bonds. The van der Waals surface area contributed by atoms with Crippen LogP contribution < -0.4 is 21.3 Å². The molecule has 3 aromatic rings. The Labute approximate surface area is 169 Å². The van der Waals surface area contributed by atoms with Gasteiger partial charge in [-0.05, 0) is 53.7 Å². The average molecular weight is 388 g/mol. The van der Waals surface area contributed by atoms with Crippen LogP contribution in [-0.4, -0.2) is 11.0 Å².